The van der Waals surface area contributed by atoms with E-state index in [1.807, 2.05) is 0 Å². The van der Waals surface area contributed by atoms with Crippen LogP contribution in [0.1, 0.15) is 19.8 Å². The van der Waals surface area contributed by atoms with Gasteiger partial charge in [0, 0.05) is 19.4 Å². The maximum absolute atomic E-state index is 10.7. The second kappa shape index (κ2) is 5.70. The van der Waals surface area contributed by atoms with E-state index in [1.54, 1.807) is 13.3 Å². The standard InChI is InChI=1S/C7H13N2O2/c1-2-3-7(11)9-5-4-6(8)10/h2H,3-5H2,1H3,(H2,8,10)(H,9,11). The Morgan fingerprint density at radius 2 is 2.18 bits per heavy atom. The van der Waals surface area contributed by atoms with Crippen LogP contribution in [0.2, 0.25) is 0 Å². The number of hydrogen-bond acceptors (Lipinski definition) is 2. The van der Waals surface area contributed by atoms with Crippen LogP contribution in [0.5, 0.6) is 0 Å². The van der Waals surface area contributed by atoms with Crippen molar-refractivity contribution in [2.45, 2.75) is 19.8 Å². The molecule has 0 aliphatic rings. The number of amides is 2. The summed E-state index contributed by atoms with van der Waals surface area (Å²) in [6, 6.07) is 0. The zero-order valence-corrected chi connectivity index (χ0v) is 6.59. The molecule has 1 radical (unpaired) electrons. The zero-order chi connectivity index (χ0) is 8.69. The number of primary amides is 1. The molecular weight excluding hydrogens is 144 g/mol. The Hall–Kier alpha value is -1.06. The fourth-order valence-corrected chi connectivity index (χ4v) is 0.583. The van der Waals surface area contributed by atoms with Gasteiger partial charge in [0.25, 0.3) is 0 Å². The molecule has 63 valence electrons. The van der Waals surface area contributed by atoms with Crippen LogP contribution in [0, 0.1) is 6.42 Å². The lowest BCUT2D eigenvalue weighted by Crippen LogP contribution is -2.27. The molecule has 11 heavy (non-hydrogen) atoms. The van der Waals surface area contributed by atoms with Gasteiger partial charge in [0.1, 0.15) is 0 Å². The van der Waals surface area contributed by atoms with E-state index in [-0.39, 0.29) is 12.3 Å². The zero-order valence-electron chi connectivity index (χ0n) is 6.59. The first kappa shape index (κ1) is 9.94. The number of hydrogen-bond donors (Lipinski definition) is 2. The highest BCUT2D eigenvalue weighted by Crippen LogP contribution is 1.83. The number of rotatable bonds is 5. The minimum Gasteiger partial charge on any atom is -0.370 e. The molecule has 4 heteroatoms. The van der Waals surface area contributed by atoms with E-state index >= 15 is 0 Å². The van der Waals surface area contributed by atoms with Crippen LogP contribution in [0.25, 0.3) is 0 Å². The highest BCUT2D eigenvalue weighted by Gasteiger charge is 1.98. The normalized spacial score (nSPS) is 9.18. The largest absolute Gasteiger partial charge is 0.370 e. The first-order chi connectivity index (χ1) is 5.16. The summed E-state index contributed by atoms with van der Waals surface area (Å²) in [5, 5.41) is 2.54. The third-order valence-electron chi connectivity index (χ3n) is 1.08. The van der Waals surface area contributed by atoms with Crippen molar-refractivity contribution in [2.24, 2.45) is 5.73 Å². The van der Waals surface area contributed by atoms with Crippen LogP contribution in [0.15, 0.2) is 0 Å². The van der Waals surface area contributed by atoms with Crippen LogP contribution in [-0.2, 0) is 9.59 Å². The maximum Gasteiger partial charge on any atom is 0.220 e. The summed E-state index contributed by atoms with van der Waals surface area (Å²) in [6.07, 6.45) is 2.34. The van der Waals surface area contributed by atoms with E-state index in [9.17, 15) is 9.59 Å². The molecule has 0 bridgehead atoms. The van der Waals surface area contributed by atoms with Gasteiger partial charge < -0.3 is 11.1 Å². The van der Waals surface area contributed by atoms with Gasteiger partial charge in [0.05, 0.1) is 0 Å². The third kappa shape index (κ3) is 6.83. The van der Waals surface area contributed by atoms with Crippen molar-refractivity contribution in [1.82, 2.24) is 5.32 Å². The smallest absolute Gasteiger partial charge is 0.220 e. The molecular formula is C7H13N2O2. The molecule has 0 atom stereocenters. The van der Waals surface area contributed by atoms with Crippen molar-refractivity contribution >= 4 is 11.8 Å². The summed E-state index contributed by atoms with van der Waals surface area (Å²) < 4.78 is 0. The van der Waals surface area contributed by atoms with E-state index in [2.05, 4.69) is 5.32 Å². The lowest BCUT2D eigenvalue weighted by Gasteiger charge is -2.00. The first-order valence-electron chi connectivity index (χ1n) is 3.49. The molecule has 2 amide bonds. The Kier molecular flexibility index (Phi) is 5.15. The number of nitrogens with one attached hydrogen (secondary N) is 1. The summed E-state index contributed by atoms with van der Waals surface area (Å²) >= 11 is 0. The topological polar surface area (TPSA) is 72.2 Å². The highest BCUT2D eigenvalue weighted by atomic mass is 16.2. The van der Waals surface area contributed by atoms with Gasteiger partial charge in [-0.25, -0.2) is 0 Å². The molecule has 0 aliphatic heterocycles. The van der Waals surface area contributed by atoms with Crippen LogP contribution in [-0.4, -0.2) is 18.4 Å². The minimum absolute atomic E-state index is 0.0752. The van der Waals surface area contributed by atoms with Crippen LogP contribution < -0.4 is 11.1 Å². The molecule has 0 aromatic rings. The molecule has 0 saturated carbocycles. The molecule has 0 fully saturated rings. The van der Waals surface area contributed by atoms with Gasteiger partial charge in [-0.1, -0.05) is 6.92 Å². The Labute approximate surface area is 66.1 Å². The molecule has 0 saturated heterocycles. The van der Waals surface area contributed by atoms with Gasteiger partial charge in [0.2, 0.25) is 11.8 Å². The van der Waals surface area contributed by atoms with Crippen LogP contribution in [0.3, 0.4) is 0 Å². The minimum atomic E-state index is -0.397. The van der Waals surface area contributed by atoms with Crippen molar-refractivity contribution in [3.8, 4) is 0 Å². The molecule has 0 aromatic carbocycles. The molecule has 0 aliphatic carbocycles. The molecule has 0 heterocycles. The summed E-state index contributed by atoms with van der Waals surface area (Å²) in [7, 11) is 0. The van der Waals surface area contributed by atoms with E-state index in [0.717, 1.165) is 0 Å². The lowest BCUT2D eigenvalue weighted by molar-refractivity contribution is -0.120. The van der Waals surface area contributed by atoms with Gasteiger partial charge in [-0.15, -0.1) is 0 Å². The monoisotopic (exact) mass is 157 g/mol. The van der Waals surface area contributed by atoms with Crippen molar-refractivity contribution in [2.75, 3.05) is 6.54 Å². The molecule has 4 nitrogen and oxygen atoms in total. The maximum atomic E-state index is 10.7. The predicted octanol–water partition coefficient (Wildman–Crippen LogP) is -0.408. The predicted molar refractivity (Wildman–Crippen MR) is 41.4 cm³/mol. The lowest BCUT2D eigenvalue weighted by atomic mass is 10.3. The summed E-state index contributed by atoms with van der Waals surface area (Å²) in [5.41, 5.74) is 4.85. The van der Waals surface area contributed by atoms with Gasteiger partial charge in [0.15, 0.2) is 0 Å². The Balaban J connectivity index is 3.24. The molecule has 0 rings (SSSR count). The summed E-state index contributed by atoms with van der Waals surface area (Å²) in [4.78, 5) is 20.9. The van der Waals surface area contributed by atoms with Crippen molar-refractivity contribution in [3.63, 3.8) is 0 Å². The van der Waals surface area contributed by atoms with E-state index in [0.29, 0.717) is 13.0 Å². The van der Waals surface area contributed by atoms with Crippen molar-refractivity contribution in [3.05, 3.63) is 6.42 Å². The molecule has 0 aromatic heterocycles. The number of carbonyl (C=O) groups excluding carboxylic acids is 2. The van der Waals surface area contributed by atoms with Gasteiger partial charge in [-0.05, 0) is 6.42 Å². The average Bonchev–Trinajstić information content (AvgIpc) is 1.87. The summed E-state index contributed by atoms with van der Waals surface area (Å²) in [6.45, 7) is 2.13. The Morgan fingerprint density at radius 3 is 2.64 bits per heavy atom. The van der Waals surface area contributed by atoms with Crippen LogP contribution in [0.4, 0.5) is 0 Å². The first-order valence-corrected chi connectivity index (χ1v) is 3.49. The van der Waals surface area contributed by atoms with Gasteiger partial charge in [-0.3, -0.25) is 9.59 Å². The summed E-state index contributed by atoms with van der Waals surface area (Å²) in [5.74, 6) is -0.473. The molecule has 0 unspecified atom stereocenters. The quantitative estimate of drug-likeness (QED) is 0.569. The third-order valence-corrected chi connectivity index (χ3v) is 1.08. The fraction of sp³-hybridized carbons (Fsp3) is 0.571. The molecule has 0 spiro atoms. The van der Waals surface area contributed by atoms with Crippen molar-refractivity contribution < 1.29 is 9.59 Å². The molecule has 3 N–H and O–H groups in total. The van der Waals surface area contributed by atoms with E-state index in [1.165, 1.54) is 0 Å². The van der Waals surface area contributed by atoms with Gasteiger partial charge in [-0.2, -0.15) is 0 Å². The Morgan fingerprint density at radius 1 is 1.55 bits per heavy atom. The average molecular weight is 157 g/mol. The fourth-order valence-electron chi connectivity index (χ4n) is 0.583. The van der Waals surface area contributed by atoms with Crippen LogP contribution >= 0.6 is 0 Å². The SMILES string of the molecule is C[CH]CC(=O)NCCC(N)=O. The second-order valence-electron chi connectivity index (χ2n) is 2.18. The number of nitrogens with two attached hydrogens (primary N) is 1. The Bertz CT molecular complexity index is 145. The van der Waals surface area contributed by atoms with Crippen molar-refractivity contribution in [1.29, 1.82) is 0 Å². The van der Waals surface area contributed by atoms with E-state index < -0.39 is 5.91 Å². The van der Waals surface area contributed by atoms with Gasteiger partial charge >= 0.3 is 0 Å². The van der Waals surface area contributed by atoms with E-state index in [4.69, 9.17) is 5.73 Å². The number of carbonyl (C=O) groups is 2. The highest BCUT2D eigenvalue weighted by molar-refractivity contribution is 5.78. The second-order valence-corrected chi connectivity index (χ2v) is 2.18.